The number of allylic oxidation sites excluding steroid dienone is 2. The number of pyridine rings is 1. The first-order valence-electron chi connectivity index (χ1n) is 11.0. The first kappa shape index (κ1) is 21.1. The summed E-state index contributed by atoms with van der Waals surface area (Å²) in [5, 5.41) is 2.99. The first-order chi connectivity index (χ1) is 15.0. The van der Waals surface area contributed by atoms with Crippen molar-refractivity contribution in [2.45, 2.75) is 44.9 Å². The van der Waals surface area contributed by atoms with E-state index in [0.29, 0.717) is 42.6 Å². The second-order valence-electron chi connectivity index (χ2n) is 8.60. The van der Waals surface area contributed by atoms with Gasteiger partial charge in [-0.05, 0) is 73.8 Å². The molecule has 0 saturated carbocycles. The molecule has 2 amide bonds. The average molecular weight is 420 g/mol. The summed E-state index contributed by atoms with van der Waals surface area (Å²) in [6.07, 6.45) is 10.1. The number of hydrogen-bond donors (Lipinski definition) is 2. The van der Waals surface area contributed by atoms with Gasteiger partial charge in [0.2, 0.25) is 11.5 Å². The van der Waals surface area contributed by atoms with E-state index in [1.165, 1.54) is 0 Å². The number of anilines is 1. The van der Waals surface area contributed by atoms with Gasteiger partial charge in [0.05, 0.1) is 0 Å². The number of aromatic nitrogens is 1. The Hall–Kier alpha value is -3.15. The highest BCUT2D eigenvalue weighted by molar-refractivity contribution is 5.98. The van der Waals surface area contributed by atoms with Crippen molar-refractivity contribution in [3.05, 3.63) is 75.7 Å². The van der Waals surface area contributed by atoms with Gasteiger partial charge in [-0.15, -0.1) is 0 Å². The van der Waals surface area contributed by atoms with E-state index in [-0.39, 0.29) is 17.4 Å². The summed E-state index contributed by atoms with van der Waals surface area (Å²) in [6.45, 7) is 3.24. The Labute approximate surface area is 182 Å². The van der Waals surface area contributed by atoms with Crippen LogP contribution in [0.3, 0.4) is 0 Å². The summed E-state index contributed by atoms with van der Waals surface area (Å²) >= 11 is 0. The lowest BCUT2D eigenvalue weighted by Gasteiger charge is -2.32. The third-order valence-corrected chi connectivity index (χ3v) is 6.37. The van der Waals surface area contributed by atoms with Crippen LogP contribution in [0.15, 0.2) is 53.5 Å². The molecule has 2 aliphatic rings. The quantitative estimate of drug-likeness (QED) is 0.719. The highest BCUT2D eigenvalue weighted by Gasteiger charge is 2.25. The summed E-state index contributed by atoms with van der Waals surface area (Å²) in [4.78, 5) is 41.6. The van der Waals surface area contributed by atoms with Gasteiger partial charge >= 0.3 is 0 Å². The summed E-state index contributed by atoms with van der Waals surface area (Å²) in [5.41, 5.74) is 3.19. The topological polar surface area (TPSA) is 82.3 Å². The number of hydrogen-bond acceptors (Lipinski definition) is 3. The Morgan fingerprint density at radius 3 is 2.65 bits per heavy atom. The third kappa shape index (κ3) is 5.13. The predicted molar refractivity (Wildman–Crippen MR) is 121 cm³/mol. The molecule has 6 nitrogen and oxygen atoms in total. The van der Waals surface area contributed by atoms with Gasteiger partial charge in [-0.25, -0.2) is 0 Å². The first-order valence-corrected chi connectivity index (χ1v) is 11.0. The number of aryl methyl sites for hydroxylation is 1. The number of carbonyl (C=O) groups is 2. The molecular formula is C25H29N3O3. The Morgan fingerprint density at radius 2 is 1.94 bits per heavy atom. The van der Waals surface area contributed by atoms with Crippen molar-refractivity contribution in [3.63, 3.8) is 0 Å². The zero-order valence-corrected chi connectivity index (χ0v) is 17.9. The zero-order valence-electron chi connectivity index (χ0n) is 17.9. The molecular weight excluding hydrogens is 390 g/mol. The Bertz CT molecular complexity index is 1050. The molecule has 2 N–H and O–H groups in total. The fourth-order valence-corrected chi connectivity index (χ4v) is 4.51. The van der Waals surface area contributed by atoms with Crippen LogP contribution in [0.5, 0.6) is 0 Å². The number of amides is 2. The van der Waals surface area contributed by atoms with Crippen LogP contribution in [0.25, 0.3) is 0 Å². The molecule has 1 aliphatic heterocycles. The maximum absolute atomic E-state index is 13.1. The minimum atomic E-state index is -0.0887. The highest BCUT2D eigenvalue weighted by Crippen LogP contribution is 2.28. The normalized spacial score (nSPS) is 18.9. The molecule has 1 unspecified atom stereocenters. The number of H-pyrrole nitrogens is 1. The van der Waals surface area contributed by atoms with Crippen molar-refractivity contribution in [2.24, 2.45) is 5.92 Å². The Balaban J connectivity index is 1.38. The van der Waals surface area contributed by atoms with Gasteiger partial charge in [0.15, 0.2) is 0 Å². The SMILES string of the molecule is Cc1ccc(C(=O)N2CCC(c3cc[nH]c(=O)c3)CC2)cc1NC(=O)CC1C=CCC1. The lowest BCUT2D eigenvalue weighted by molar-refractivity contribution is -0.116. The van der Waals surface area contributed by atoms with Gasteiger partial charge in [-0.1, -0.05) is 18.2 Å². The average Bonchev–Trinajstić information content (AvgIpc) is 3.28. The molecule has 1 aromatic carbocycles. The van der Waals surface area contributed by atoms with Crippen LogP contribution in [-0.2, 0) is 4.79 Å². The molecule has 2 aromatic rings. The minimum absolute atomic E-state index is 0.0112. The molecule has 1 atom stereocenters. The van der Waals surface area contributed by atoms with Gasteiger partial charge in [0.1, 0.15) is 0 Å². The molecule has 162 valence electrons. The molecule has 1 fully saturated rings. The standard InChI is InChI=1S/C25H29N3O3/c1-17-6-7-21(15-22(17)27-24(30)14-18-4-2-3-5-18)25(31)28-12-9-19(10-13-28)20-8-11-26-23(29)16-20/h2,4,6-8,11,15-16,18-19H,3,5,9-10,12-14H2,1H3,(H,26,29)(H,27,30). The van der Waals surface area contributed by atoms with Crippen molar-refractivity contribution < 1.29 is 9.59 Å². The third-order valence-electron chi connectivity index (χ3n) is 6.37. The van der Waals surface area contributed by atoms with Gasteiger partial charge in [0.25, 0.3) is 5.91 Å². The fraction of sp³-hybridized carbons (Fsp3) is 0.400. The molecule has 1 aliphatic carbocycles. The van der Waals surface area contributed by atoms with E-state index in [4.69, 9.17) is 0 Å². The largest absolute Gasteiger partial charge is 0.339 e. The smallest absolute Gasteiger partial charge is 0.253 e. The van der Waals surface area contributed by atoms with E-state index in [9.17, 15) is 14.4 Å². The maximum Gasteiger partial charge on any atom is 0.253 e. The molecule has 1 saturated heterocycles. The number of carbonyl (C=O) groups excluding carboxylic acids is 2. The van der Waals surface area contributed by atoms with Crippen LogP contribution >= 0.6 is 0 Å². The van der Waals surface area contributed by atoms with E-state index < -0.39 is 0 Å². The highest BCUT2D eigenvalue weighted by atomic mass is 16.2. The molecule has 0 bridgehead atoms. The fourth-order valence-electron chi connectivity index (χ4n) is 4.51. The molecule has 31 heavy (non-hydrogen) atoms. The van der Waals surface area contributed by atoms with Gasteiger partial charge in [-0.2, -0.15) is 0 Å². The van der Waals surface area contributed by atoms with Crippen molar-refractivity contribution in [1.82, 2.24) is 9.88 Å². The number of aromatic amines is 1. The van der Waals surface area contributed by atoms with Crippen molar-refractivity contribution >= 4 is 17.5 Å². The second-order valence-corrected chi connectivity index (χ2v) is 8.60. The summed E-state index contributed by atoms with van der Waals surface area (Å²) in [6, 6.07) is 9.11. The van der Waals surface area contributed by atoms with Crippen molar-refractivity contribution in [3.8, 4) is 0 Å². The van der Waals surface area contributed by atoms with Crippen LogP contribution in [0, 0.1) is 12.8 Å². The molecule has 4 rings (SSSR count). The maximum atomic E-state index is 13.1. The van der Waals surface area contributed by atoms with E-state index >= 15 is 0 Å². The molecule has 0 spiro atoms. The van der Waals surface area contributed by atoms with Crippen LogP contribution in [0.2, 0.25) is 0 Å². The van der Waals surface area contributed by atoms with Gasteiger partial charge in [0, 0.05) is 43.0 Å². The second kappa shape index (κ2) is 9.33. The summed E-state index contributed by atoms with van der Waals surface area (Å²) in [5.74, 6) is 0.581. The number of likely N-dealkylation sites (tertiary alicyclic amines) is 1. The number of nitrogens with zero attached hydrogens (tertiary/aromatic N) is 1. The monoisotopic (exact) mass is 419 g/mol. The molecule has 0 radical (unpaired) electrons. The van der Waals surface area contributed by atoms with Crippen LogP contribution in [0.4, 0.5) is 5.69 Å². The predicted octanol–water partition coefficient (Wildman–Crippen LogP) is 4.00. The number of nitrogens with one attached hydrogen (secondary N) is 2. The Morgan fingerprint density at radius 1 is 1.13 bits per heavy atom. The minimum Gasteiger partial charge on any atom is -0.339 e. The van der Waals surface area contributed by atoms with E-state index in [1.807, 2.05) is 30.0 Å². The molecule has 2 heterocycles. The van der Waals surface area contributed by atoms with Crippen LogP contribution < -0.4 is 10.9 Å². The van der Waals surface area contributed by atoms with Crippen LogP contribution in [0.1, 0.15) is 59.5 Å². The lowest BCUT2D eigenvalue weighted by Crippen LogP contribution is -2.38. The van der Waals surface area contributed by atoms with Gasteiger partial charge in [-0.3, -0.25) is 14.4 Å². The van der Waals surface area contributed by atoms with Crippen molar-refractivity contribution in [2.75, 3.05) is 18.4 Å². The lowest BCUT2D eigenvalue weighted by atomic mass is 9.90. The molecule has 6 heteroatoms. The van der Waals surface area contributed by atoms with E-state index in [0.717, 1.165) is 36.8 Å². The van der Waals surface area contributed by atoms with E-state index in [2.05, 4.69) is 22.5 Å². The summed E-state index contributed by atoms with van der Waals surface area (Å²) < 4.78 is 0. The summed E-state index contributed by atoms with van der Waals surface area (Å²) in [7, 11) is 0. The van der Waals surface area contributed by atoms with Gasteiger partial charge < -0.3 is 15.2 Å². The van der Waals surface area contributed by atoms with Crippen molar-refractivity contribution in [1.29, 1.82) is 0 Å². The number of piperidine rings is 1. The number of rotatable bonds is 5. The molecule has 1 aromatic heterocycles. The zero-order chi connectivity index (χ0) is 21.8. The number of benzene rings is 1. The van der Waals surface area contributed by atoms with E-state index in [1.54, 1.807) is 18.3 Å². The van der Waals surface area contributed by atoms with Crippen LogP contribution in [-0.4, -0.2) is 34.8 Å². The Kier molecular flexibility index (Phi) is 6.35.